The van der Waals surface area contributed by atoms with Crippen LogP contribution in [-0.4, -0.2) is 28.2 Å². The minimum atomic E-state index is -0.986. The Bertz CT molecular complexity index is 1750. The van der Waals surface area contributed by atoms with E-state index in [4.69, 9.17) is 14.6 Å². The number of carbonyl (C=O) groups excluding carboxylic acids is 1. The van der Waals surface area contributed by atoms with Gasteiger partial charge in [-0.3, -0.25) is 9.36 Å². The van der Waals surface area contributed by atoms with E-state index in [9.17, 15) is 14.4 Å². The number of allylic oxidation sites excluding steroid dienone is 1. The van der Waals surface area contributed by atoms with Crippen molar-refractivity contribution in [2.45, 2.75) is 26.5 Å². The number of benzene rings is 2. The van der Waals surface area contributed by atoms with Gasteiger partial charge >= 0.3 is 11.9 Å². The van der Waals surface area contributed by atoms with Crippen LogP contribution in [0, 0.1) is 0 Å². The van der Waals surface area contributed by atoms with Gasteiger partial charge in [0.25, 0.3) is 5.56 Å². The number of carbonyl (C=O) groups is 2. The molecule has 1 aliphatic rings. The van der Waals surface area contributed by atoms with Crippen molar-refractivity contribution in [2.24, 2.45) is 4.99 Å². The van der Waals surface area contributed by atoms with Gasteiger partial charge in [-0.05, 0) is 55.1 Å². The first kappa shape index (κ1) is 26.3. The van der Waals surface area contributed by atoms with E-state index in [2.05, 4.69) is 4.99 Å². The van der Waals surface area contributed by atoms with Gasteiger partial charge in [0.2, 0.25) is 0 Å². The van der Waals surface area contributed by atoms with Crippen LogP contribution >= 0.6 is 22.7 Å². The van der Waals surface area contributed by atoms with Gasteiger partial charge in [0.05, 0.1) is 28.0 Å². The number of carboxylic acid groups (broad SMARTS) is 1. The highest BCUT2D eigenvalue weighted by Crippen LogP contribution is 2.33. The van der Waals surface area contributed by atoms with Gasteiger partial charge in [-0.1, -0.05) is 47.7 Å². The number of aromatic carboxylic acids is 1. The second kappa shape index (κ2) is 11.2. The van der Waals surface area contributed by atoms with Gasteiger partial charge in [0, 0.05) is 10.4 Å². The molecule has 4 aromatic rings. The van der Waals surface area contributed by atoms with Crippen LogP contribution in [0.15, 0.2) is 87.1 Å². The van der Waals surface area contributed by atoms with Crippen LogP contribution in [0.25, 0.3) is 6.08 Å². The van der Waals surface area contributed by atoms with E-state index in [1.807, 2.05) is 41.8 Å². The molecule has 2 aromatic heterocycles. The minimum Gasteiger partial charge on any atom is -0.488 e. The molecular formula is C29H24N2O6S2. The van der Waals surface area contributed by atoms with E-state index in [0.717, 1.165) is 10.4 Å². The molecule has 1 atom stereocenters. The highest BCUT2D eigenvalue weighted by atomic mass is 32.1. The second-order valence-corrected chi connectivity index (χ2v) is 10.6. The summed E-state index contributed by atoms with van der Waals surface area (Å²) in [7, 11) is 0. The van der Waals surface area contributed by atoms with Gasteiger partial charge in [-0.25, -0.2) is 14.6 Å². The van der Waals surface area contributed by atoms with Crippen molar-refractivity contribution in [3.8, 4) is 5.75 Å². The second-order valence-electron chi connectivity index (χ2n) is 8.65. The maximum absolute atomic E-state index is 13.8. The molecule has 8 nitrogen and oxygen atoms in total. The Morgan fingerprint density at radius 1 is 1.10 bits per heavy atom. The van der Waals surface area contributed by atoms with Gasteiger partial charge in [-0.15, -0.1) is 11.3 Å². The normalized spacial score (nSPS) is 15.0. The van der Waals surface area contributed by atoms with Crippen molar-refractivity contribution in [1.29, 1.82) is 0 Å². The van der Waals surface area contributed by atoms with Crippen molar-refractivity contribution in [2.75, 3.05) is 6.61 Å². The number of hydrogen-bond donors (Lipinski definition) is 1. The zero-order valence-corrected chi connectivity index (χ0v) is 22.8. The summed E-state index contributed by atoms with van der Waals surface area (Å²) in [6, 6.07) is 17.0. The van der Waals surface area contributed by atoms with E-state index in [1.54, 1.807) is 36.6 Å². The number of rotatable bonds is 8. The van der Waals surface area contributed by atoms with E-state index < -0.39 is 18.0 Å². The number of aromatic nitrogens is 1. The molecular weight excluding hydrogens is 536 g/mol. The summed E-state index contributed by atoms with van der Waals surface area (Å²) in [5.41, 5.74) is 2.35. The number of ether oxygens (including phenoxy) is 2. The number of fused-ring (bicyclic) bond motifs is 1. The van der Waals surface area contributed by atoms with Crippen molar-refractivity contribution in [1.82, 2.24) is 4.57 Å². The van der Waals surface area contributed by atoms with Crippen LogP contribution in [0.5, 0.6) is 5.75 Å². The molecule has 1 N–H and O–H groups in total. The summed E-state index contributed by atoms with van der Waals surface area (Å²) in [6.07, 6.45) is 1.77. The Morgan fingerprint density at radius 2 is 1.87 bits per heavy atom. The highest BCUT2D eigenvalue weighted by Gasteiger charge is 2.33. The number of thiazole rings is 1. The molecule has 0 aliphatic carbocycles. The van der Waals surface area contributed by atoms with E-state index >= 15 is 0 Å². The van der Waals surface area contributed by atoms with Crippen LogP contribution in [0.1, 0.15) is 46.3 Å². The Kier molecular flexibility index (Phi) is 7.58. The molecule has 10 heteroatoms. The lowest BCUT2D eigenvalue weighted by Crippen LogP contribution is -2.39. The third-order valence-electron chi connectivity index (χ3n) is 6.13. The molecule has 2 aromatic carbocycles. The van der Waals surface area contributed by atoms with Crippen LogP contribution < -0.4 is 19.6 Å². The zero-order chi connectivity index (χ0) is 27.5. The molecule has 0 amide bonds. The monoisotopic (exact) mass is 560 g/mol. The summed E-state index contributed by atoms with van der Waals surface area (Å²) >= 11 is 2.72. The zero-order valence-electron chi connectivity index (χ0n) is 21.1. The maximum Gasteiger partial charge on any atom is 0.338 e. The minimum absolute atomic E-state index is 0.205. The highest BCUT2D eigenvalue weighted by molar-refractivity contribution is 7.10. The Balaban J connectivity index is 1.53. The topological polar surface area (TPSA) is 107 Å². The Morgan fingerprint density at radius 3 is 2.56 bits per heavy atom. The van der Waals surface area contributed by atoms with Crippen molar-refractivity contribution in [3.05, 3.63) is 119 Å². The lowest BCUT2D eigenvalue weighted by Gasteiger charge is -2.23. The molecule has 0 saturated carbocycles. The molecule has 1 aliphatic heterocycles. The van der Waals surface area contributed by atoms with Gasteiger partial charge in [-0.2, -0.15) is 0 Å². The number of hydrogen-bond acceptors (Lipinski definition) is 8. The van der Waals surface area contributed by atoms with Crippen molar-refractivity contribution in [3.63, 3.8) is 0 Å². The van der Waals surface area contributed by atoms with E-state index in [1.165, 1.54) is 34.8 Å². The summed E-state index contributed by atoms with van der Waals surface area (Å²) in [6.45, 7) is 3.95. The third-order valence-corrected chi connectivity index (χ3v) is 8.04. The first-order valence-corrected chi connectivity index (χ1v) is 13.8. The molecule has 0 bridgehead atoms. The van der Waals surface area contributed by atoms with Crippen LogP contribution in [0.3, 0.4) is 0 Å². The molecule has 0 fully saturated rings. The first-order valence-electron chi connectivity index (χ1n) is 12.1. The molecule has 0 saturated heterocycles. The fourth-order valence-corrected chi connectivity index (χ4v) is 6.15. The number of thiophene rings is 1. The summed E-state index contributed by atoms with van der Waals surface area (Å²) in [5, 5.41) is 11.0. The molecule has 39 heavy (non-hydrogen) atoms. The third kappa shape index (κ3) is 5.34. The Hall–Kier alpha value is -4.28. The predicted octanol–water partition coefficient (Wildman–Crippen LogP) is 4.14. The fourth-order valence-electron chi connectivity index (χ4n) is 4.28. The number of carboxylic acids is 1. The SMILES string of the molecule is CCOC(=O)C1=C(C)N=c2s/c(=C\c3ccccc3OCc3ccc(C(=O)O)cc3)c(=O)n2[C@H]1c1cccs1. The van der Waals surface area contributed by atoms with Gasteiger partial charge in [0.1, 0.15) is 18.4 Å². The van der Waals surface area contributed by atoms with Gasteiger partial charge in [0.15, 0.2) is 4.80 Å². The number of para-hydroxylation sites is 1. The summed E-state index contributed by atoms with van der Waals surface area (Å²) < 4.78 is 13.4. The van der Waals surface area contributed by atoms with E-state index in [0.29, 0.717) is 31.9 Å². The first-order chi connectivity index (χ1) is 18.9. The van der Waals surface area contributed by atoms with Crippen LogP contribution in [-0.2, 0) is 16.1 Å². The number of esters is 1. The largest absolute Gasteiger partial charge is 0.488 e. The summed E-state index contributed by atoms with van der Waals surface area (Å²) in [4.78, 5) is 43.7. The number of nitrogens with zero attached hydrogens (tertiary/aromatic N) is 2. The Labute approximate surface area is 231 Å². The lowest BCUT2D eigenvalue weighted by molar-refractivity contribution is -0.139. The molecule has 0 unspecified atom stereocenters. The predicted molar refractivity (Wildman–Crippen MR) is 149 cm³/mol. The molecule has 198 valence electrons. The van der Waals surface area contributed by atoms with Crippen LogP contribution in [0.2, 0.25) is 0 Å². The maximum atomic E-state index is 13.8. The average Bonchev–Trinajstić information content (AvgIpc) is 3.56. The van der Waals surface area contributed by atoms with Crippen molar-refractivity contribution >= 4 is 40.7 Å². The van der Waals surface area contributed by atoms with Gasteiger partial charge < -0.3 is 14.6 Å². The fraction of sp³-hybridized carbons (Fsp3) is 0.172. The smallest absolute Gasteiger partial charge is 0.338 e. The standard InChI is InChI=1S/C29H24N2O6S2/c1-3-36-28(35)24-17(2)30-29-31(25(24)22-9-6-14-38-22)26(32)23(39-29)15-20-7-4-5-8-21(20)37-16-18-10-12-19(13-11-18)27(33)34/h4-15,25H,3,16H2,1-2H3,(H,33,34)/b23-15-/t25-/m0/s1. The van der Waals surface area contributed by atoms with E-state index in [-0.39, 0.29) is 24.3 Å². The quantitative estimate of drug-likeness (QED) is 0.325. The molecule has 0 spiro atoms. The average molecular weight is 561 g/mol. The summed E-state index contributed by atoms with van der Waals surface area (Å²) in [5.74, 6) is -0.898. The molecule has 5 rings (SSSR count). The van der Waals surface area contributed by atoms with Crippen molar-refractivity contribution < 1.29 is 24.2 Å². The molecule has 0 radical (unpaired) electrons. The lowest BCUT2D eigenvalue weighted by atomic mass is 10.0. The van der Waals surface area contributed by atoms with Crippen LogP contribution in [0.4, 0.5) is 0 Å². The molecule has 3 heterocycles.